The van der Waals surface area contributed by atoms with Crippen LogP contribution in [-0.2, 0) is 6.54 Å². The predicted octanol–water partition coefficient (Wildman–Crippen LogP) is 1.34. The fourth-order valence-electron chi connectivity index (χ4n) is 2.88. The summed E-state index contributed by atoms with van der Waals surface area (Å²) in [6.45, 7) is 3.06. The van der Waals surface area contributed by atoms with Gasteiger partial charge in [-0.05, 0) is 42.9 Å². The highest BCUT2D eigenvalue weighted by Crippen LogP contribution is 2.25. The molecule has 5 heteroatoms. The second kappa shape index (κ2) is 6.72. The van der Waals surface area contributed by atoms with Gasteiger partial charge in [0.2, 0.25) is 0 Å². The zero-order valence-electron chi connectivity index (χ0n) is 11.8. The summed E-state index contributed by atoms with van der Waals surface area (Å²) >= 11 is 0. The molecular formula is C15H23N3O2. The van der Waals surface area contributed by atoms with Crippen molar-refractivity contribution in [2.45, 2.75) is 38.8 Å². The molecule has 5 N–H and O–H groups in total. The molecule has 2 atom stereocenters. The largest absolute Gasteiger partial charge is 0.409 e. The summed E-state index contributed by atoms with van der Waals surface area (Å²) in [5, 5.41) is 24.5. The molecule has 20 heavy (non-hydrogen) atoms. The van der Waals surface area contributed by atoms with Crippen LogP contribution in [-0.4, -0.2) is 28.8 Å². The van der Waals surface area contributed by atoms with Gasteiger partial charge >= 0.3 is 0 Å². The van der Waals surface area contributed by atoms with Crippen LogP contribution in [0.3, 0.4) is 0 Å². The van der Waals surface area contributed by atoms with Gasteiger partial charge in [-0.1, -0.05) is 23.7 Å². The third-order valence-electron chi connectivity index (χ3n) is 4.19. The van der Waals surface area contributed by atoms with E-state index in [-0.39, 0.29) is 12.4 Å². The molecule has 1 fully saturated rings. The molecule has 1 aromatic carbocycles. The fourth-order valence-corrected chi connectivity index (χ4v) is 2.88. The van der Waals surface area contributed by atoms with Crippen molar-refractivity contribution in [2.75, 3.05) is 6.61 Å². The number of nitrogens with two attached hydrogens (primary N) is 1. The predicted molar refractivity (Wildman–Crippen MR) is 78.7 cm³/mol. The van der Waals surface area contributed by atoms with E-state index in [9.17, 15) is 5.11 Å². The number of amidine groups is 1. The first kappa shape index (κ1) is 14.8. The number of hydrogen-bond acceptors (Lipinski definition) is 4. The summed E-state index contributed by atoms with van der Waals surface area (Å²) in [7, 11) is 0. The molecular weight excluding hydrogens is 254 g/mol. The lowest BCUT2D eigenvalue weighted by molar-refractivity contribution is 0.205. The van der Waals surface area contributed by atoms with Crippen molar-refractivity contribution >= 4 is 5.84 Å². The third-order valence-corrected chi connectivity index (χ3v) is 4.19. The van der Waals surface area contributed by atoms with E-state index in [2.05, 4.69) is 10.5 Å². The highest BCUT2D eigenvalue weighted by Gasteiger charge is 2.25. The van der Waals surface area contributed by atoms with Crippen LogP contribution < -0.4 is 11.1 Å². The van der Waals surface area contributed by atoms with E-state index >= 15 is 0 Å². The zero-order chi connectivity index (χ0) is 14.5. The smallest absolute Gasteiger partial charge is 0.170 e. The average molecular weight is 277 g/mol. The van der Waals surface area contributed by atoms with Crippen molar-refractivity contribution in [3.05, 3.63) is 34.9 Å². The first-order valence-corrected chi connectivity index (χ1v) is 7.07. The van der Waals surface area contributed by atoms with Crippen LogP contribution in [0, 0.1) is 12.8 Å². The lowest BCUT2D eigenvalue weighted by atomic mass is 10.0. The van der Waals surface area contributed by atoms with Crippen LogP contribution in [0.1, 0.15) is 36.0 Å². The Morgan fingerprint density at radius 2 is 2.25 bits per heavy atom. The van der Waals surface area contributed by atoms with Gasteiger partial charge in [-0.2, -0.15) is 0 Å². The van der Waals surface area contributed by atoms with Gasteiger partial charge < -0.3 is 21.4 Å². The van der Waals surface area contributed by atoms with Gasteiger partial charge in [0.1, 0.15) is 0 Å². The molecule has 0 saturated heterocycles. The standard InChI is InChI=1S/C15H23N3O2/c1-10-7-11(15(16)18-20)5-6-12(10)8-17-14-4-2-3-13(14)9-19/h5-7,13-14,17,19-20H,2-4,8-9H2,1H3,(H2,16,18). The van der Waals surface area contributed by atoms with E-state index in [4.69, 9.17) is 10.9 Å². The molecule has 1 aromatic rings. The summed E-state index contributed by atoms with van der Waals surface area (Å²) in [5.74, 6) is 0.510. The van der Waals surface area contributed by atoms with Crippen molar-refractivity contribution in [1.29, 1.82) is 0 Å². The Morgan fingerprint density at radius 1 is 1.45 bits per heavy atom. The van der Waals surface area contributed by atoms with Gasteiger partial charge in [-0.3, -0.25) is 0 Å². The van der Waals surface area contributed by atoms with Crippen molar-refractivity contribution in [1.82, 2.24) is 5.32 Å². The van der Waals surface area contributed by atoms with Gasteiger partial charge in [0.05, 0.1) is 0 Å². The molecule has 0 aromatic heterocycles. The number of nitrogens with one attached hydrogen (secondary N) is 1. The summed E-state index contributed by atoms with van der Waals surface area (Å²) in [5.41, 5.74) is 8.61. The number of rotatable bonds is 5. The molecule has 5 nitrogen and oxygen atoms in total. The van der Waals surface area contributed by atoms with E-state index in [1.165, 1.54) is 12.0 Å². The number of aliphatic hydroxyl groups is 1. The van der Waals surface area contributed by atoms with E-state index in [1.54, 1.807) is 0 Å². The highest BCUT2D eigenvalue weighted by atomic mass is 16.4. The number of nitrogens with zero attached hydrogens (tertiary/aromatic N) is 1. The van der Waals surface area contributed by atoms with Gasteiger partial charge in [-0.15, -0.1) is 0 Å². The van der Waals surface area contributed by atoms with Crippen LogP contribution in [0.2, 0.25) is 0 Å². The lowest BCUT2D eigenvalue weighted by Crippen LogP contribution is -2.33. The maximum absolute atomic E-state index is 9.32. The Hall–Kier alpha value is -1.59. The maximum atomic E-state index is 9.32. The van der Waals surface area contributed by atoms with Crippen LogP contribution in [0.15, 0.2) is 23.4 Å². The second-order valence-electron chi connectivity index (χ2n) is 5.49. The fraction of sp³-hybridized carbons (Fsp3) is 0.533. The van der Waals surface area contributed by atoms with E-state index < -0.39 is 0 Å². The number of aryl methyl sites for hydroxylation is 1. The van der Waals surface area contributed by atoms with Gasteiger partial charge in [0.15, 0.2) is 5.84 Å². The number of oxime groups is 1. The Labute approximate surface area is 119 Å². The molecule has 0 heterocycles. The molecule has 1 saturated carbocycles. The Balaban J connectivity index is 2.00. The SMILES string of the molecule is Cc1cc(/C(N)=N/O)ccc1CNC1CCCC1CO. The monoisotopic (exact) mass is 277 g/mol. The molecule has 0 amide bonds. The van der Waals surface area contributed by atoms with Crippen molar-refractivity contribution < 1.29 is 10.3 Å². The Kier molecular flexibility index (Phi) is 4.98. The van der Waals surface area contributed by atoms with Gasteiger partial charge in [0.25, 0.3) is 0 Å². The lowest BCUT2D eigenvalue weighted by Gasteiger charge is -2.20. The number of hydrogen-bond donors (Lipinski definition) is 4. The summed E-state index contributed by atoms with van der Waals surface area (Å²) in [6, 6.07) is 6.18. The minimum Gasteiger partial charge on any atom is -0.409 e. The van der Waals surface area contributed by atoms with Gasteiger partial charge in [-0.25, -0.2) is 0 Å². The first-order chi connectivity index (χ1) is 9.65. The molecule has 0 radical (unpaired) electrons. The third kappa shape index (κ3) is 3.29. The average Bonchev–Trinajstić information content (AvgIpc) is 2.92. The van der Waals surface area contributed by atoms with E-state index in [1.807, 2.05) is 25.1 Å². The maximum Gasteiger partial charge on any atom is 0.170 e. The molecule has 0 aliphatic heterocycles. The second-order valence-corrected chi connectivity index (χ2v) is 5.49. The van der Waals surface area contributed by atoms with Crippen molar-refractivity contribution in [3.8, 4) is 0 Å². The quantitative estimate of drug-likeness (QED) is 0.283. The van der Waals surface area contributed by atoms with Crippen LogP contribution in [0.5, 0.6) is 0 Å². The highest BCUT2D eigenvalue weighted by molar-refractivity contribution is 5.97. The van der Waals surface area contributed by atoms with Crippen LogP contribution in [0.25, 0.3) is 0 Å². The molecule has 110 valence electrons. The molecule has 2 unspecified atom stereocenters. The Bertz CT molecular complexity index is 488. The molecule has 0 bridgehead atoms. The zero-order valence-corrected chi connectivity index (χ0v) is 11.8. The van der Waals surface area contributed by atoms with Gasteiger partial charge in [0, 0.05) is 24.8 Å². The van der Waals surface area contributed by atoms with Crippen molar-refractivity contribution in [3.63, 3.8) is 0 Å². The number of aliphatic hydroxyl groups excluding tert-OH is 1. The summed E-state index contributed by atoms with van der Waals surface area (Å²) in [6.07, 6.45) is 3.42. The summed E-state index contributed by atoms with van der Waals surface area (Å²) < 4.78 is 0. The summed E-state index contributed by atoms with van der Waals surface area (Å²) in [4.78, 5) is 0. The normalized spacial score (nSPS) is 23.2. The molecule has 0 spiro atoms. The minimum atomic E-state index is 0.128. The first-order valence-electron chi connectivity index (χ1n) is 7.07. The van der Waals surface area contributed by atoms with E-state index in [0.717, 1.165) is 30.5 Å². The van der Waals surface area contributed by atoms with E-state index in [0.29, 0.717) is 12.0 Å². The molecule has 1 aliphatic carbocycles. The number of benzene rings is 1. The topological polar surface area (TPSA) is 90.9 Å². The molecule has 2 rings (SSSR count). The minimum absolute atomic E-state index is 0.128. The van der Waals surface area contributed by atoms with Crippen LogP contribution in [0.4, 0.5) is 0 Å². The molecule has 1 aliphatic rings. The van der Waals surface area contributed by atoms with Crippen molar-refractivity contribution in [2.24, 2.45) is 16.8 Å². The Morgan fingerprint density at radius 3 is 2.90 bits per heavy atom. The van der Waals surface area contributed by atoms with Crippen LogP contribution >= 0.6 is 0 Å².